The van der Waals surface area contributed by atoms with E-state index < -0.39 is 4.92 Å². The van der Waals surface area contributed by atoms with Crippen LogP contribution in [0.1, 0.15) is 5.56 Å². The van der Waals surface area contributed by atoms with Crippen molar-refractivity contribution in [2.24, 2.45) is 0 Å². The first-order chi connectivity index (χ1) is 9.56. The average molecular weight is 386 g/mol. The molecule has 0 bridgehead atoms. The number of carbonyl (C=O) groups is 1. The van der Waals surface area contributed by atoms with Crippen LogP contribution in [0.15, 0.2) is 36.7 Å². The zero-order valence-electron chi connectivity index (χ0n) is 10.3. The molecule has 1 amide bonds. The Morgan fingerprint density at radius 1 is 1.50 bits per heavy atom. The van der Waals surface area contributed by atoms with Crippen LogP contribution in [0.5, 0.6) is 0 Å². The zero-order valence-corrected chi connectivity index (χ0v) is 12.5. The number of imidazole rings is 1. The van der Waals surface area contributed by atoms with Crippen molar-refractivity contribution >= 4 is 34.4 Å². The third-order valence-corrected chi connectivity index (χ3v) is 3.22. The molecule has 7 nitrogen and oxygen atoms in total. The lowest BCUT2D eigenvalue weighted by Gasteiger charge is -2.05. The van der Waals surface area contributed by atoms with Gasteiger partial charge in [0.05, 0.1) is 0 Å². The van der Waals surface area contributed by atoms with E-state index in [0.29, 0.717) is 6.54 Å². The topological polar surface area (TPSA) is 90.1 Å². The van der Waals surface area contributed by atoms with E-state index in [1.807, 2.05) is 24.3 Å². The van der Waals surface area contributed by atoms with Gasteiger partial charge in [0.15, 0.2) is 6.54 Å². The van der Waals surface area contributed by atoms with Crippen LogP contribution in [0.3, 0.4) is 0 Å². The van der Waals surface area contributed by atoms with E-state index >= 15 is 0 Å². The van der Waals surface area contributed by atoms with E-state index in [0.717, 1.165) is 9.13 Å². The van der Waals surface area contributed by atoms with Crippen molar-refractivity contribution in [1.29, 1.82) is 0 Å². The van der Waals surface area contributed by atoms with Gasteiger partial charge in [-0.15, -0.1) is 0 Å². The number of nitrogens with zero attached hydrogens (tertiary/aromatic N) is 3. The molecule has 0 aliphatic rings. The fourth-order valence-electron chi connectivity index (χ4n) is 1.65. The standard InChI is InChI=1S/C12H11IN4O3/c13-10-3-1-2-9(6-10)7-15-11(18)8-16-5-4-14-12(16)17(19)20/h1-6H,7-8H2,(H,15,18). The highest BCUT2D eigenvalue weighted by Gasteiger charge is 2.16. The van der Waals surface area contributed by atoms with Crippen molar-refractivity contribution in [2.75, 3.05) is 0 Å². The largest absolute Gasteiger partial charge is 0.435 e. The summed E-state index contributed by atoms with van der Waals surface area (Å²) in [7, 11) is 0. The molecular formula is C12H11IN4O3. The average Bonchev–Trinajstić information content (AvgIpc) is 2.85. The molecule has 0 saturated carbocycles. The smallest absolute Gasteiger partial charge is 0.390 e. The Bertz CT molecular complexity index is 641. The summed E-state index contributed by atoms with van der Waals surface area (Å²) in [5.74, 6) is -0.639. The van der Waals surface area contributed by atoms with Gasteiger partial charge >= 0.3 is 5.95 Å². The number of amides is 1. The molecule has 1 aromatic heterocycles. The zero-order chi connectivity index (χ0) is 14.5. The van der Waals surface area contributed by atoms with Gasteiger partial charge in [0, 0.05) is 10.1 Å². The molecule has 2 aromatic rings. The van der Waals surface area contributed by atoms with E-state index in [4.69, 9.17) is 0 Å². The van der Waals surface area contributed by atoms with Gasteiger partial charge in [-0.2, -0.15) is 0 Å². The van der Waals surface area contributed by atoms with Crippen LogP contribution >= 0.6 is 22.6 Å². The quantitative estimate of drug-likeness (QED) is 0.481. The number of halogens is 1. The molecule has 0 fully saturated rings. The maximum absolute atomic E-state index is 11.8. The van der Waals surface area contributed by atoms with Crippen LogP contribution in [0.25, 0.3) is 0 Å². The number of benzene rings is 1. The lowest BCUT2D eigenvalue weighted by atomic mass is 10.2. The molecule has 1 N–H and O–H groups in total. The van der Waals surface area contributed by atoms with Gasteiger partial charge in [-0.1, -0.05) is 17.1 Å². The minimum absolute atomic E-state index is 0.125. The summed E-state index contributed by atoms with van der Waals surface area (Å²) in [6.45, 7) is 0.262. The van der Waals surface area contributed by atoms with Gasteiger partial charge < -0.3 is 15.4 Å². The molecule has 8 heteroatoms. The SMILES string of the molecule is O=C(Cn1ccnc1[N+](=O)[O-])NCc1cccc(I)c1. The molecule has 0 spiro atoms. The van der Waals surface area contributed by atoms with Crippen molar-refractivity contribution in [3.05, 3.63) is 55.9 Å². The molecule has 20 heavy (non-hydrogen) atoms. The molecule has 1 aromatic carbocycles. The molecule has 1 heterocycles. The third kappa shape index (κ3) is 3.76. The lowest BCUT2D eigenvalue weighted by molar-refractivity contribution is -0.396. The second-order valence-electron chi connectivity index (χ2n) is 4.02. The molecule has 0 aliphatic carbocycles. The van der Waals surface area contributed by atoms with Crippen molar-refractivity contribution in [1.82, 2.24) is 14.9 Å². The minimum Gasteiger partial charge on any atom is -0.390 e. The summed E-state index contributed by atoms with van der Waals surface area (Å²) in [6, 6.07) is 7.73. The summed E-state index contributed by atoms with van der Waals surface area (Å²) >= 11 is 2.19. The minimum atomic E-state index is -0.618. The Morgan fingerprint density at radius 3 is 3.00 bits per heavy atom. The second kappa shape index (κ2) is 6.46. The number of carbonyl (C=O) groups excluding carboxylic acids is 1. The Morgan fingerprint density at radius 2 is 2.30 bits per heavy atom. The van der Waals surface area contributed by atoms with Crippen molar-refractivity contribution in [3.8, 4) is 0 Å². The summed E-state index contributed by atoms with van der Waals surface area (Å²) in [5.41, 5.74) is 0.977. The van der Waals surface area contributed by atoms with Gasteiger partial charge in [0.2, 0.25) is 0 Å². The molecule has 0 unspecified atom stereocenters. The number of rotatable bonds is 5. The summed E-state index contributed by atoms with van der Waals surface area (Å²) in [6.07, 6.45) is 2.70. The highest BCUT2D eigenvalue weighted by molar-refractivity contribution is 14.1. The van der Waals surface area contributed by atoms with Gasteiger partial charge in [-0.3, -0.25) is 4.79 Å². The Balaban J connectivity index is 1.93. The first-order valence-corrected chi connectivity index (χ1v) is 6.81. The maximum Gasteiger partial charge on any atom is 0.435 e. The number of hydrogen-bond acceptors (Lipinski definition) is 4. The summed E-state index contributed by atoms with van der Waals surface area (Å²) in [4.78, 5) is 25.4. The predicted molar refractivity (Wildman–Crippen MR) is 79.9 cm³/mol. The van der Waals surface area contributed by atoms with Crippen molar-refractivity contribution in [3.63, 3.8) is 0 Å². The first-order valence-electron chi connectivity index (χ1n) is 5.73. The van der Waals surface area contributed by atoms with Crippen molar-refractivity contribution < 1.29 is 9.72 Å². The lowest BCUT2D eigenvalue weighted by Crippen LogP contribution is -2.27. The Hall–Kier alpha value is -1.97. The van der Waals surface area contributed by atoms with E-state index in [9.17, 15) is 14.9 Å². The number of aromatic nitrogens is 2. The molecule has 104 valence electrons. The van der Waals surface area contributed by atoms with Gasteiger partial charge in [-0.25, -0.2) is 4.57 Å². The first kappa shape index (κ1) is 14.4. The van der Waals surface area contributed by atoms with E-state index in [-0.39, 0.29) is 18.4 Å². The second-order valence-corrected chi connectivity index (χ2v) is 5.26. The maximum atomic E-state index is 11.8. The van der Waals surface area contributed by atoms with Crippen LogP contribution in [0.2, 0.25) is 0 Å². The van der Waals surface area contributed by atoms with Crippen LogP contribution in [-0.4, -0.2) is 20.4 Å². The van der Waals surface area contributed by atoms with Crippen LogP contribution < -0.4 is 5.32 Å². The third-order valence-electron chi connectivity index (χ3n) is 2.55. The number of nitro groups is 1. The van der Waals surface area contributed by atoms with E-state index in [2.05, 4.69) is 32.9 Å². The highest BCUT2D eigenvalue weighted by atomic mass is 127. The molecule has 0 saturated heterocycles. The predicted octanol–water partition coefficient (Wildman–Crippen LogP) is 1.71. The van der Waals surface area contributed by atoms with Gasteiger partial charge in [0.25, 0.3) is 5.91 Å². The van der Waals surface area contributed by atoms with Crippen LogP contribution in [0, 0.1) is 13.7 Å². The molecule has 2 rings (SSSR count). The molecule has 0 radical (unpaired) electrons. The van der Waals surface area contributed by atoms with Gasteiger partial charge in [0.1, 0.15) is 12.4 Å². The van der Waals surface area contributed by atoms with Crippen molar-refractivity contribution in [2.45, 2.75) is 13.1 Å². The summed E-state index contributed by atoms with van der Waals surface area (Å²) in [5, 5.41) is 13.4. The van der Waals surface area contributed by atoms with E-state index in [1.54, 1.807) is 0 Å². The molecule has 0 atom stereocenters. The van der Waals surface area contributed by atoms with E-state index in [1.165, 1.54) is 17.0 Å². The number of nitrogens with one attached hydrogen (secondary N) is 1. The molecule has 0 aliphatic heterocycles. The fraction of sp³-hybridized carbons (Fsp3) is 0.167. The highest BCUT2D eigenvalue weighted by Crippen LogP contribution is 2.08. The normalized spacial score (nSPS) is 10.2. The van der Waals surface area contributed by atoms with Crippen LogP contribution in [0.4, 0.5) is 5.95 Å². The monoisotopic (exact) mass is 386 g/mol. The Kier molecular flexibility index (Phi) is 4.66. The fourth-order valence-corrected chi connectivity index (χ4v) is 2.26. The number of hydrogen-bond donors (Lipinski definition) is 1. The van der Waals surface area contributed by atoms with Crippen LogP contribution in [-0.2, 0) is 17.9 Å². The summed E-state index contributed by atoms with van der Waals surface area (Å²) < 4.78 is 2.28. The van der Waals surface area contributed by atoms with Gasteiger partial charge in [-0.05, 0) is 45.2 Å². The molecular weight excluding hydrogens is 375 g/mol. The Labute approximate surface area is 128 Å².